The van der Waals surface area contributed by atoms with Crippen LogP contribution in [0.25, 0.3) is 0 Å². The first-order valence-corrected chi connectivity index (χ1v) is 8.55. The molecule has 1 aliphatic heterocycles. The maximum absolute atomic E-state index is 12.0. The Balaban J connectivity index is 1.84. The predicted molar refractivity (Wildman–Crippen MR) is 79.2 cm³/mol. The summed E-state index contributed by atoms with van der Waals surface area (Å²) < 4.78 is 31.8. The Morgan fingerprint density at radius 3 is 2.70 bits per heavy atom. The molecular formula is C14H22N2O3S. The fraction of sp³-hybridized carbons (Fsp3) is 0.571. The number of benzene rings is 1. The zero-order valence-electron chi connectivity index (χ0n) is 11.8. The molecule has 1 aliphatic rings. The second-order valence-corrected chi connectivity index (χ2v) is 7.01. The quantitative estimate of drug-likeness (QED) is 0.826. The van der Waals surface area contributed by atoms with E-state index in [1.165, 1.54) is 0 Å². The van der Waals surface area contributed by atoms with Gasteiger partial charge in [-0.05, 0) is 49.5 Å². The molecule has 0 aromatic heterocycles. The van der Waals surface area contributed by atoms with E-state index in [0.717, 1.165) is 37.2 Å². The normalized spacial score (nSPS) is 19.8. The minimum Gasteiger partial charge on any atom is -0.497 e. The van der Waals surface area contributed by atoms with E-state index < -0.39 is 10.0 Å². The van der Waals surface area contributed by atoms with Gasteiger partial charge in [0, 0.05) is 6.54 Å². The average molecular weight is 298 g/mol. The van der Waals surface area contributed by atoms with Crippen molar-refractivity contribution >= 4 is 10.0 Å². The molecule has 2 rings (SSSR count). The van der Waals surface area contributed by atoms with Crippen LogP contribution in [0, 0.1) is 5.92 Å². The lowest BCUT2D eigenvalue weighted by molar-refractivity contribution is 0.402. The third kappa shape index (κ3) is 4.77. The van der Waals surface area contributed by atoms with Gasteiger partial charge in [0.2, 0.25) is 10.0 Å². The van der Waals surface area contributed by atoms with E-state index in [-0.39, 0.29) is 11.7 Å². The third-order valence-corrected chi connectivity index (χ3v) is 5.00. The van der Waals surface area contributed by atoms with Gasteiger partial charge in [-0.1, -0.05) is 12.1 Å². The summed E-state index contributed by atoms with van der Waals surface area (Å²) in [5.74, 6) is 1.19. The van der Waals surface area contributed by atoms with Gasteiger partial charge >= 0.3 is 0 Å². The van der Waals surface area contributed by atoms with Gasteiger partial charge in [0.1, 0.15) is 5.75 Å². The van der Waals surface area contributed by atoms with Crippen molar-refractivity contribution in [2.75, 3.05) is 26.0 Å². The number of hydrogen-bond acceptors (Lipinski definition) is 4. The number of hydrogen-bond donors (Lipinski definition) is 2. The largest absolute Gasteiger partial charge is 0.497 e. The molecule has 1 aromatic rings. The topological polar surface area (TPSA) is 67.4 Å². The molecule has 1 fully saturated rings. The number of piperidine rings is 1. The Kier molecular flexibility index (Phi) is 5.39. The van der Waals surface area contributed by atoms with Crippen molar-refractivity contribution in [3.63, 3.8) is 0 Å². The second kappa shape index (κ2) is 7.06. The number of methoxy groups -OCH3 is 1. The van der Waals surface area contributed by atoms with Gasteiger partial charge in [0.05, 0.1) is 12.9 Å². The van der Waals surface area contributed by atoms with Crippen LogP contribution in [0.5, 0.6) is 5.75 Å². The zero-order valence-corrected chi connectivity index (χ0v) is 12.6. The summed E-state index contributed by atoms with van der Waals surface area (Å²) in [6.45, 7) is 2.12. The molecule has 0 spiro atoms. The minimum atomic E-state index is -3.22. The second-order valence-electron chi connectivity index (χ2n) is 5.16. The summed E-state index contributed by atoms with van der Waals surface area (Å²) in [6.07, 6.45) is 2.04. The Morgan fingerprint density at radius 2 is 2.10 bits per heavy atom. The van der Waals surface area contributed by atoms with Crippen LogP contribution >= 0.6 is 0 Å². The molecule has 1 saturated heterocycles. The standard InChI is InChI=1S/C14H22N2O3S/c1-19-14-6-4-12(5-7-14)10-16-20(17,18)11-13-3-2-8-15-9-13/h4-7,13,15-16H,2-3,8-11H2,1H3. The van der Waals surface area contributed by atoms with E-state index in [2.05, 4.69) is 10.0 Å². The Bertz CT molecular complexity index is 508. The molecule has 0 amide bonds. The Morgan fingerprint density at radius 1 is 1.35 bits per heavy atom. The summed E-state index contributed by atoms with van der Waals surface area (Å²) in [4.78, 5) is 0. The lowest BCUT2D eigenvalue weighted by Crippen LogP contribution is -2.37. The molecular weight excluding hydrogens is 276 g/mol. The first kappa shape index (κ1) is 15.3. The van der Waals surface area contributed by atoms with Crippen LogP contribution in [0.3, 0.4) is 0 Å². The predicted octanol–water partition coefficient (Wildman–Crippen LogP) is 1.11. The molecule has 0 bridgehead atoms. The summed E-state index contributed by atoms with van der Waals surface area (Å²) in [6, 6.07) is 7.39. The molecule has 0 aliphatic carbocycles. The van der Waals surface area contributed by atoms with Crippen LogP contribution in [0.15, 0.2) is 24.3 Å². The highest BCUT2D eigenvalue weighted by molar-refractivity contribution is 7.89. The highest BCUT2D eigenvalue weighted by Gasteiger charge is 2.20. The molecule has 112 valence electrons. The van der Waals surface area contributed by atoms with E-state index in [9.17, 15) is 8.42 Å². The monoisotopic (exact) mass is 298 g/mol. The van der Waals surface area contributed by atoms with E-state index in [0.29, 0.717) is 6.54 Å². The van der Waals surface area contributed by atoms with E-state index in [1.807, 2.05) is 24.3 Å². The summed E-state index contributed by atoms with van der Waals surface area (Å²) in [5, 5.41) is 3.24. The van der Waals surface area contributed by atoms with Crippen molar-refractivity contribution in [2.45, 2.75) is 19.4 Å². The molecule has 1 aromatic carbocycles. The van der Waals surface area contributed by atoms with Gasteiger partial charge in [-0.2, -0.15) is 0 Å². The molecule has 1 unspecified atom stereocenters. The van der Waals surface area contributed by atoms with Crippen molar-refractivity contribution < 1.29 is 13.2 Å². The first-order chi connectivity index (χ1) is 9.59. The van der Waals surface area contributed by atoms with Gasteiger partial charge < -0.3 is 10.1 Å². The van der Waals surface area contributed by atoms with Crippen LogP contribution in [0.2, 0.25) is 0 Å². The van der Waals surface area contributed by atoms with Gasteiger partial charge in [-0.3, -0.25) is 0 Å². The third-order valence-electron chi connectivity index (χ3n) is 3.51. The van der Waals surface area contributed by atoms with Crippen LogP contribution in [0.1, 0.15) is 18.4 Å². The maximum Gasteiger partial charge on any atom is 0.212 e. The fourth-order valence-electron chi connectivity index (χ4n) is 2.37. The fourth-order valence-corrected chi connectivity index (χ4v) is 3.78. The molecule has 1 heterocycles. The van der Waals surface area contributed by atoms with E-state index >= 15 is 0 Å². The van der Waals surface area contributed by atoms with Gasteiger partial charge in [0.25, 0.3) is 0 Å². The number of sulfonamides is 1. The van der Waals surface area contributed by atoms with Crippen molar-refractivity contribution in [3.8, 4) is 5.75 Å². The van der Waals surface area contributed by atoms with Crippen LogP contribution in [-0.4, -0.2) is 34.4 Å². The number of nitrogens with one attached hydrogen (secondary N) is 2. The lowest BCUT2D eigenvalue weighted by atomic mass is 10.0. The molecule has 5 nitrogen and oxygen atoms in total. The zero-order chi connectivity index (χ0) is 14.4. The van der Waals surface area contributed by atoms with Gasteiger partial charge in [-0.25, -0.2) is 13.1 Å². The molecule has 6 heteroatoms. The smallest absolute Gasteiger partial charge is 0.212 e. The maximum atomic E-state index is 12.0. The van der Waals surface area contributed by atoms with E-state index in [1.54, 1.807) is 7.11 Å². The minimum absolute atomic E-state index is 0.205. The molecule has 0 saturated carbocycles. The molecule has 20 heavy (non-hydrogen) atoms. The van der Waals surface area contributed by atoms with Gasteiger partial charge in [0.15, 0.2) is 0 Å². The van der Waals surface area contributed by atoms with Crippen molar-refractivity contribution in [3.05, 3.63) is 29.8 Å². The SMILES string of the molecule is COc1ccc(CNS(=O)(=O)CC2CCCNC2)cc1. The number of rotatable bonds is 6. The summed E-state index contributed by atoms with van der Waals surface area (Å²) in [7, 11) is -1.61. The van der Waals surface area contributed by atoms with Crippen molar-refractivity contribution in [2.24, 2.45) is 5.92 Å². The molecule has 2 N–H and O–H groups in total. The van der Waals surface area contributed by atoms with Crippen LogP contribution in [-0.2, 0) is 16.6 Å². The van der Waals surface area contributed by atoms with Crippen molar-refractivity contribution in [1.29, 1.82) is 0 Å². The van der Waals surface area contributed by atoms with Crippen LogP contribution in [0.4, 0.5) is 0 Å². The first-order valence-electron chi connectivity index (χ1n) is 6.90. The summed E-state index contributed by atoms with van der Waals surface area (Å²) in [5.41, 5.74) is 0.927. The Labute approximate surface area is 120 Å². The average Bonchev–Trinajstić information content (AvgIpc) is 2.46. The lowest BCUT2D eigenvalue weighted by Gasteiger charge is -2.22. The molecule has 1 atom stereocenters. The Hall–Kier alpha value is -1.11. The highest BCUT2D eigenvalue weighted by atomic mass is 32.2. The highest BCUT2D eigenvalue weighted by Crippen LogP contribution is 2.13. The number of ether oxygens (including phenoxy) is 1. The molecule has 0 radical (unpaired) electrons. The van der Waals surface area contributed by atoms with Crippen LogP contribution < -0.4 is 14.8 Å². The van der Waals surface area contributed by atoms with Crippen molar-refractivity contribution in [1.82, 2.24) is 10.0 Å². The van der Waals surface area contributed by atoms with Gasteiger partial charge in [-0.15, -0.1) is 0 Å². The van der Waals surface area contributed by atoms with E-state index in [4.69, 9.17) is 4.74 Å². The summed E-state index contributed by atoms with van der Waals surface area (Å²) >= 11 is 0.